The van der Waals surface area contributed by atoms with E-state index in [-0.39, 0.29) is 30.0 Å². The average molecular weight is 501 g/mol. The van der Waals surface area contributed by atoms with Crippen LogP contribution in [-0.4, -0.2) is 53.7 Å². The van der Waals surface area contributed by atoms with Gasteiger partial charge in [-0.05, 0) is 41.5 Å². The van der Waals surface area contributed by atoms with Crippen LogP contribution in [0.3, 0.4) is 0 Å². The minimum Gasteiger partial charge on any atom is -0.496 e. The van der Waals surface area contributed by atoms with Gasteiger partial charge in [0.1, 0.15) is 12.0 Å². The quantitative estimate of drug-likeness (QED) is 0.399. The van der Waals surface area contributed by atoms with E-state index >= 15 is 0 Å². The van der Waals surface area contributed by atoms with Gasteiger partial charge in [-0.1, -0.05) is 86.6 Å². The maximum absolute atomic E-state index is 11.1. The summed E-state index contributed by atoms with van der Waals surface area (Å²) in [5.74, 6) is 1.38. The van der Waals surface area contributed by atoms with Gasteiger partial charge in [-0.2, -0.15) is 0 Å². The van der Waals surface area contributed by atoms with E-state index in [1.54, 1.807) is 7.11 Å². The number of fused-ring (bicyclic) bond motifs is 3. The molecule has 3 N–H and O–H groups in total. The van der Waals surface area contributed by atoms with Crippen LogP contribution in [0.15, 0.2) is 78.9 Å². The molecular formula is C32H40N2O3. The van der Waals surface area contributed by atoms with E-state index in [4.69, 9.17) is 4.74 Å². The Morgan fingerprint density at radius 2 is 1.65 bits per heavy atom. The minimum absolute atomic E-state index is 0.0850. The smallest absolute Gasteiger partial charge is 0.123 e. The van der Waals surface area contributed by atoms with Crippen LogP contribution in [0.4, 0.5) is 0 Å². The van der Waals surface area contributed by atoms with E-state index in [1.807, 2.05) is 12.1 Å². The Balaban J connectivity index is 1.50. The van der Waals surface area contributed by atoms with E-state index < -0.39 is 6.23 Å². The third-order valence-corrected chi connectivity index (χ3v) is 8.56. The van der Waals surface area contributed by atoms with Gasteiger partial charge >= 0.3 is 0 Å². The van der Waals surface area contributed by atoms with Crippen molar-refractivity contribution in [3.05, 3.63) is 101 Å². The Kier molecular flexibility index (Phi) is 7.68. The molecule has 5 heteroatoms. The average Bonchev–Trinajstić information content (AvgIpc) is 2.93. The number of hydrogen-bond acceptors (Lipinski definition) is 5. The van der Waals surface area contributed by atoms with Crippen molar-refractivity contribution < 1.29 is 14.9 Å². The molecule has 37 heavy (non-hydrogen) atoms. The number of methoxy groups -OCH3 is 1. The fraction of sp³-hybridized carbons (Fsp3) is 0.438. The van der Waals surface area contributed by atoms with Crippen molar-refractivity contribution in [2.45, 2.75) is 62.9 Å². The van der Waals surface area contributed by atoms with Gasteiger partial charge in [0, 0.05) is 42.1 Å². The van der Waals surface area contributed by atoms with Crippen molar-refractivity contribution >= 4 is 0 Å². The molecule has 3 saturated heterocycles. The first-order valence-electron chi connectivity index (χ1n) is 13.5. The lowest BCUT2D eigenvalue weighted by molar-refractivity contribution is -0.129. The molecule has 3 aromatic rings. The molecule has 3 fully saturated rings. The lowest BCUT2D eigenvalue weighted by Crippen LogP contribution is -2.67. The van der Waals surface area contributed by atoms with E-state index in [2.05, 4.69) is 90.8 Å². The third-order valence-electron chi connectivity index (χ3n) is 8.56. The van der Waals surface area contributed by atoms with Crippen molar-refractivity contribution in [2.75, 3.05) is 20.3 Å². The number of aliphatic hydroxyl groups is 2. The van der Waals surface area contributed by atoms with Crippen LogP contribution in [0.5, 0.6) is 5.75 Å². The number of benzene rings is 3. The number of ether oxygens (including phenoxy) is 1. The minimum atomic E-state index is -0.417. The molecule has 0 spiro atoms. The number of nitrogens with one attached hydrogen (secondary N) is 1. The lowest BCUT2D eigenvalue weighted by atomic mass is 9.70. The van der Waals surface area contributed by atoms with E-state index in [0.29, 0.717) is 12.5 Å². The number of aliphatic hydroxyl groups excluding tert-OH is 2. The third kappa shape index (κ3) is 5.19. The van der Waals surface area contributed by atoms with Crippen LogP contribution in [0.2, 0.25) is 0 Å². The first-order valence-corrected chi connectivity index (χ1v) is 13.5. The summed E-state index contributed by atoms with van der Waals surface area (Å²) in [6.07, 6.45) is 1.45. The Morgan fingerprint density at radius 3 is 2.22 bits per heavy atom. The van der Waals surface area contributed by atoms with E-state index in [0.717, 1.165) is 36.3 Å². The summed E-state index contributed by atoms with van der Waals surface area (Å²) in [5, 5.41) is 25.0. The van der Waals surface area contributed by atoms with Crippen molar-refractivity contribution in [1.29, 1.82) is 0 Å². The Bertz CT molecular complexity index is 1130. The monoisotopic (exact) mass is 500 g/mol. The van der Waals surface area contributed by atoms with E-state index in [1.165, 1.54) is 11.1 Å². The van der Waals surface area contributed by atoms with Crippen LogP contribution in [0.25, 0.3) is 0 Å². The highest BCUT2D eigenvalue weighted by Crippen LogP contribution is 2.44. The zero-order valence-electron chi connectivity index (χ0n) is 22.2. The SMILES string of the molecule is COc1ccc(C(C)(C)CO)cc1CN[C@H]1C2CCN(C(O)C2)[C@H]1C(c1ccccc1)c1ccccc1. The highest BCUT2D eigenvalue weighted by molar-refractivity contribution is 5.40. The maximum atomic E-state index is 11.1. The Morgan fingerprint density at radius 1 is 1.00 bits per heavy atom. The molecule has 5 atom stereocenters. The Labute approximate surface area is 221 Å². The molecule has 3 aromatic carbocycles. The van der Waals surface area contributed by atoms with Crippen LogP contribution >= 0.6 is 0 Å². The molecule has 3 aliphatic heterocycles. The molecule has 0 radical (unpaired) electrons. The second-order valence-electron chi connectivity index (χ2n) is 11.3. The van der Waals surface area contributed by atoms with Crippen molar-refractivity contribution in [3.63, 3.8) is 0 Å². The maximum Gasteiger partial charge on any atom is 0.123 e. The lowest BCUT2D eigenvalue weighted by Gasteiger charge is -2.56. The zero-order valence-corrected chi connectivity index (χ0v) is 22.2. The molecule has 2 bridgehead atoms. The molecule has 196 valence electrons. The second-order valence-corrected chi connectivity index (χ2v) is 11.3. The number of piperidine rings is 3. The summed E-state index contributed by atoms with van der Waals surface area (Å²) in [7, 11) is 1.71. The standard InChI is InChI=1S/C32H40N2O3/c1-32(2,21-35)26-14-15-27(37-3)25(18-26)20-33-30-24-16-17-34(28(36)19-24)31(30)29(22-10-6-4-7-11-22)23-12-8-5-9-13-23/h4-15,18,24,28-31,33,35-36H,16-17,19-21H2,1-3H3/t24?,28?,30-,31-/m0/s1. The molecule has 0 saturated carbocycles. The first-order chi connectivity index (χ1) is 17.9. The van der Waals surface area contributed by atoms with Crippen molar-refractivity contribution in [3.8, 4) is 5.75 Å². The summed E-state index contributed by atoms with van der Waals surface area (Å²) in [5.41, 5.74) is 4.41. The van der Waals surface area contributed by atoms with Gasteiger partial charge in [-0.15, -0.1) is 0 Å². The summed E-state index contributed by atoms with van der Waals surface area (Å²) in [6.45, 7) is 5.77. The Hall–Kier alpha value is -2.70. The van der Waals surface area contributed by atoms with Gasteiger partial charge in [-0.3, -0.25) is 4.90 Å². The van der Waals surface area contributed by atoms with Crippen LogP contribution in [0, 0.1) is 5.92 Å². The van der Waals surface area contributed by atoms with Crippen LogP contribution in [0.1, 0.15) is 54.9 Å². The molecule has 6 rings (SSSR count). The van der Waals surface area contributed by atoms with Gasteiger partial charge in [-0.25, -0.2) is 0 Å². The number of nitrogens with zero attached hydrogens (tertiary/aromatic N) is 1. The van der Waals surface area contributed by atoms with Gasteiger partial charge in [0.15, 0.2) is 0 Å². The fourth-order valence-corrected chi connectivity index (χ4v) is 6.40. The predicted molar refractivity (Wildman–Crippen MR) is 148 cm³/mol. The summed E-state index contributed by atoms with van der Waals surface area (Å²) in [4.78, 5) is 2.32. The van der Waals surface area contributed by atoms with Crippen LogP contribution < -0.4 is 10.1 Å². The largest absolute Gasteiger partial charge is 0.496 e. The molecule has 3 unspecified atom stereocenters. The topological polar surface area (TPSA) is 65.0 Å². The first kappa shape index (κ1) is 25.9. The van der Waals surface area contributed by atoms with Gasteiger partial charge in [0.25, 0.3) is 0 Å². The summed E-state index contributed by atoms with van der Waals surface area (Å²) < 4.78 is 5.73. The van der Waals surface area contributed by atoms with Gasteiger partial charge in [0.05, 0.1) is 13.7 Å². The number of rotatable bonds is 9. The molecule has 3 heterocycles. The molecular weight excluding hydrogens is 460 g/mol. The molecule has 0 amide bonds. The second kappa shape index (κ2) is 11.0. The van der Waals surface area contributed by atoms with Crippen molar-refractivity contribution in [1.82, 2.24) is 10.2 Å². The van der Waals surface area contributed by atoms with Crippen molar-refractivity contribution in [2.24, 2.45) is 5.92 Å². The highest BCUT2D eigenvalue weighted by Gasteiger charge is 2.49. The zero-order chi connectivity index (χ0) is 26.0. The number of hydrogen-bond donors (Lipinski definition) is 3. The summed E-state index contributed by atoms with van der Waals surface area (Å²) >= 11 is 0. The molecule has 3 aliphatic rings. The highest BCUT2D eigenvalue weighted by atomic mass is 16.5. The molecule has 0 aliphatic carbocycles. The van der Waals surface area contributed by atoms with E-state index in [9.17, 15) is 10.2 Å². The fourth-order valence-electron chi connectivity index (χ4n) is 6.40. The summed E-state index contributed by atoms with van der Waals surface area (Å²) in [6, 6.07) is 28.0. The molecule has 0 aromatic heterocycles. The molecule has 5 nitrogen and oxygen atoms in total. The normalized spacial score (nSPS) is 25.4. The van der Waals surface area contributed by atoms with Gasteiger partial charge in [0.2, 0.25) is 0 Å². The van der Waals surface area contributed by atoms with Crippen LogP contribution in [-0.2, 0) is 12.0 Å². The van der Waals surface area contributed by atoms with Gasteiger partial charge < -0.3 is 20.3 Å². The predicted octanol–water partition coefficient (Wildman–Crippen LogP) is 4.67.